The van der Waals surface area contributed by atoms with Gasteiger partial charge >= 0.3 is 5.97 Å². The monoisotopic (exact) mass is 275 g/mol. The van der Waals surface area contributed by atoms with Crippen molar-refractivity contribution in [3.05, 3.63) is 0 Å². The maximum Gasteiger partial charge on any atom is 0.332 e. The van der Waals surface area contributed by atoms with Gasteiger partial charge in [-0.25, -0.2) is 4.79 Å². The smallest absolute Gasteiger partial charge is 0.332 e. The lowest BCUT2D eigenvalue weighted by atomic mass is 10.1. The standard InChI is InChI=1S/C13H25NO5/c1-13(2,3)19-12(15)10-17-8-9-18-11-4-6-14(16)7-5-11/h11,16H,4-10H2,1-3H3. The van der Waals surface area contributed by atoms with E-state index in [1.165, 1.54) is 5.06 Å². The van der Waals surface area contributed by atoms with E-state index in [9.17, 15) is 10.0 Å². The fourth-order valence-corrected chi connectivity index (χ4v) is 1.81. The van der Waals surface area contributed by atoms with Crippen molar-refractivity contribution in [1.29, 1.82) is 0 Å². The maximum atomic E-state index is 11.3. The van der Waals surface area contributed by atoms with Crippen LogP contribution in [0.3, 0.4) is 0 Å². The molecule has 112 valence electrons. The minimum absolute atomic E-state index is 0.0459. The quantitative estimate of drug-likeness (QED) is 0.580. The number of esters is 1. The predicted molar refractivity (Wildman–Crippen MR) is 69.0 cm³/mol. The number of hydrogen-bond acceptors (Lipinski definition) is 6. The molecule has 6 nitrogen and oxygen atoms in total. The molecule has 0 bridgehead atoms. The van der Waals surface area contributed by atoms with Crippen molar-refractivity contribution in [2.24, 2.45) is 0 Å². The summed E-state index contributed by atoms with van der Waals surface area (Å²) in [6.45, 7) is 7.53. The molecule has 0 aromatic heterocycles. The molecule has 0 aliphatic carbocycles. The number of carbonyl (C=O) groups is 1. The summed E-state index contributed by atoms with van der Waals surface area (Å²) in [7, 11) is 0. The van der Waals surface area contributed by atoms with Gasteiger partial charge in [0.1, 0.15) is 12.2 Å². The van der Waals surface area contributed by atoms with Gasteiger partial charge in [-0.3, -0.25) is 0 Å². The van der Waals surface area contributed by atoms with Crippen LogP contribution in [-0.2, 0) is 19.0 Å². The van der Waals surface area contributed by atoms with Gasteiger partial charge in [0.2, 0.25) is 0 Å². The molecule has 0 radical (unpaired) electrons. The Morgan fingerprint density at radius 2 is 1.89 bits per heavy atom. The molecule has 1 aliphatic heterocycles. The Morgan fingerprint density at radius 3 is 2.47 bits per heavy atom. The zero-order valence-corrected chi connectivity index (χ0v) is 12.1. The fraction of sp³-hybridized carbons (Fsp3) is 0.923. The number of carbonyl (C=O) groups excluding carboxylic acids is 1. The van der Waals surface area contributed by atoms with Crippen LogP contribution in [0.2, 0.25) is 0 Å². The zero-order chi connectivity index (χ0) is 14.3. The second-order valence-corrected chi connectivity index (χ2v) is 5.66. The molecule has 1 aliphatic rings. The van der Waals surface area contributed by atoms with Crippen molar-refractivity contribution in [2.45, 2.75) is 45.3 Å². The van der Waals surface area contributed by atoms with E-state index in [4.69, 9.17) is 14.2 Å². The first kappa shape index (κ1) is 16.4. The molecule has 0 saturated carbocycles. The van der Waals surface area contributed by atoms with Crippen LogP contribution in [0.4, 0.5) is 0 Å². The van der Waals surface area contributed by atoms with E-state index < -0.39 is 5.60 Å². The summed E-state index contributed by atoms with van der Waals surface area (Å²) in [5.74, 6) is -0.360. The van der Waals surface area contributed by atoms with Crippen LogP contribution in [0.15, 0.2) is 0 Å². The average Bonchev–Trinajstić information content (AvgIpc) is 2.29. The Labute approximate surface area is 114 Å². The van der Waals surface area contributed by atoms with Crippen molar-refractivity contribution < 1.29 is 24.2 Å². The molecule has 0 spiro atoms. The van der Waals surface area contributed by atoms with Crippen molar-refractivity contribution in [3.63, 3.8) is 0 Å². The van der Waals surface area contributed by atoms with Gasteiger partial charge in [-0.1, -0.05) is 0 Å². The summed E-state index contributed by atoms with van der Waals surface area (Å²) in [4.78, 5) is 11.3. The van der Waals surface area contributed by atoms with Gasteiger partial charge in [-0.2, -0.15) is 5.06 Å². The summed E-state index contributed by atoms with van der Waals surface area (Å²) < 4.78 is 15.9. The number of piperidine rings is 1. The highest BCUT2D eigenvalue weighted by molar-refractivity contribution is 5.71. The van der Waals surface area contributed by atoms with E-state index in [0.717, 1.165) is 12.8 Å². The summed E-state index contributed by atoms with van der Waals surface area (Å²) in [6.07, 6.45) is 1.82. The second-order valence-electron chi connectivity index (χ2n) is 5.66. The SMILES string of the molecule is CC(C)(C)OC(=O)COCCOC1CCN(O)CC1. The molecule has 0 aromatic rings. The Hall–Kier alpha value is -0.690. The van der Waals surface area contributed by atoms with Gasteiger partial charge in [0.15, 0.2) is 0 Å². The molecule has 0 aromatic carbocycles. The lowest BCUT2D eigenvalue weighted by molar-refractivity contribution is -0.161. The molecule has 1 N–H and O–H groups in total. The van der Waals surface area contributed by atoms with Crippen LogP contribution in [-0.4, -0.2) is 60.9 Å². The molecule has 1 fully saturated rings. The third-order valence-electron chi connectivity index (χ3n) is 2.64. The Kier molecular flexibility index (Phi) is 6.71. The van der Waals surface area contributed by atoms with Gasteiger partial charge in [0, 0.05) is 13.1 Å². The van der Waals surface area contributed by atoms with E-state index in [-0.39, 0.29) is 18.7 Å². The molecule has 1 saturated heterocycles. The van der Waals surface area contributed by atoms with Crippen LogP contribution >= 0.6 is 0 Å². The van der Waals surface area contributed by atoms with Crippen LogP contribution < -0.4 is 0 Å². The number of nitrogens with zero attached hydrogens (tertiary/aromatic N) is 1. The van der Waals surface area contributed by atoms with Crippen molar-refractivity contribution >= 4 is 5.97 Å². The Morgan fingerprint density at radius 1 is 1.26 bits per heavy atom. The van der Waals surface area contributed by atoms with Gasteiger partial charge in [-0.05, 0) is 33.6 Å². The van der Waals surface area contributed by atoms with Gasteiger partial charge in [0.25, 0.3) is 0 Å². The third kappa shape index (κ3) is 8.15. The number of ether oxygens (including phenoxy) is 3. The largest absolute Gasteiger partial charge is 0.458 e. The molecule has 19 heavy (non-hydrogen) atoms. The molecule has 0 unspecified atom stereocenters. The molecular weight excluding hydrogens is 250 g/mol. The molecule has 1 rings (SSSR count). The first-order valence-electron chi connectivity index (χ1n) is 6.72. The Balaban J connectivity index is 1.98. The van der Waals surface area contributed by atoms with Gasteiger partial charge < -0.3 is 19.4 Å². The van der Waals surface area contributed by atoms with Crippen molar-refractivity contribution in [1.82, 2.24) is 5.06 Å². The van der Waals surface area contributed by atoms with E-state index in [1.54, 1.807) is 0 Å². The van der Waals surface area contributed by atoms with Crippen LogP contribution in [0, 0.1) is 0 Å². The third-order valence-corrected chi connectivity index (χ3v) is 2.64. The molecular formula is C13H25NO5. The highest BCUT2D eigenvalue weighted by atomic mass is 16.6. The van der Waals surface area contributed by atoms with Crippen molar-refractivity contribution in [2.75, 3.05) is 32.9 Å². The van der Waals surface area contributed by atoms with E-state index >= 15 is 0 Å². The van der Waals surface area contributed by atoms with Crippen LogP contribution in [0.1, 0.15) is 33.6 Å². The highest BCUT2D eigenvalue weighted by Gasteiger charge is 2.18. The minimum Gasteiger partial charge on any atom is -0.458 e. The van der Waals surface area contributed by atoms with Crippen molar-refractivity contribution in [3.8, 4) is 0 Å². The van der Waals surface area contributed by atoms with Crippen LogP contribution in [0.25, 0.3) is 0 Å². The number of hydroxylamine groups is 2. The van der Waals surface area contributed by atoms with E-state index in [0.29, 0.717) is 26.3 Å². The fourth-order valence-electron chi connectivity index (χ4n) is 1.81. The molecule has 0 amide bonds. The topological polar surface area (TPSA) is 68.2 Å². The summed E-state index contributed by atoms with van der Waals surface area (Å²) in [6, 6.07) is 0. The lowest BCUT2D eigenvalue weighted by Gasteiger charge is -2.27. The molecule has 0 atom stereocenters. The van der Waals surface area contributed by atoms with Gasteiger partial charge in [-0.15, -0.1) is 0 Å². The number of hydrogen-bond donors (Lipinski definition) is 1. The van der Waals surface area contributed by atoms with Crippen LogP contribution in [0.5, 0.6) is 0 Å². The second kappa shape index (κ2) is 7.79. The zero-order valence-electron chi connectivity index (χ0n) is 12.1. The lowest BCUT2D eigenvalue weighted by Crippen LogP contribution is -2.35. The minimum atomic E-state index is -0.477. The molecule has 1 heterocycles. The summed E-state index contributed by atoms with van der Waals surface area (Å²) in [5.41, 5.74) is -0.477. The Bertz CT molecular complexity index is 269. The normalized spacial score (nSPS) is 18.5. The summed E-state index contributed by atoms with van der Waals surface area (Å²) in [5, 5.41) is 10.5. The van der Waals surface area contributed by atoms with Gasteiger partial charge in [0.05, 0.1) is 19.3 Å². The predicted octanol–water partition coefficient (Wildman–Crippen LogP) is 1.21. The van der Waals surface area contributed by atoms with E-state index in [1.807, 2.05) is 20.8 Å². The number of rotatable bonds is 6. The summed E-state index contributed by atoms with van der Waals surface area (Å²) >= 11 is 0. The maximum absolute atomic E-state index is 11.3. The van der Waals surface area contributed by atoms with E-state index in [2.05, 4.69) is 0 Å². The first-order chi connectivity index (χ1) is 8.87. The molecule has 6 heteroatoms. The average molecular weight is 275 g/mol. The highest BCUT2D eigenvalue weighted by Crippen LogP contribution is 2.11. The first-order valence-corrected chi connectivity index (χ1v) is 6.72.